The molecule has 0 fully saturated rings. The lowest BCUT2D eigenvalue weighted by Crippen LogP contribution is -2.11. The van der Waals surface area contributed by atoms with Gasteiger partial charge in [-0.3, -0.25) is 10.3 Å². The third kappa shape index (κ3) is 5.42. The van der Waals surface area contributed by atoms with Crippen LogP contribution in [0.1, 0.15) is 33.3 Å². The minimum Gasteiger partial charge on any atom is -0.289 e. The monoisotopic (exact) mass is 243 g/mol. The van der Waals surface area contributed by atoms with Gasteiger partial charge in [-0.1, -0.05) is 39.8 Å². The van der Waals surface area contributed by atoms with Gasteiger partial charge in [-0.25, -0.2) is 0 Å². The first kappa shape index (κ1) is 17.7. The van der Waals surface area contributed by atoms with Gasteiger partial charge >= 0.3 is 0 Å². The van der Waals surface area contributed by atoms with Gasteiger partial charge in [0.2, 0.25) is 0 Å². The molecule has 0 spiro atoms. The average Bonchev–Trinajstić information content (AvgIpc) is 2.33. The molecule has 1 aromatic carbocycles. The smallest absolute Gasteiger partial charge is 0.0769 e. The molecule has 0 amide bonds. The van der Waals surface area contributed by atoms with Gasteiger partial charge in [0.05, 0.1) is 5.69 Å². The molecule has 0 aromatic heterocycles. The molecule has 3 heteroatoms. The van der Waals surface area contributed by atoms with E-state index in [1.54, 1.807) is 18.8 Å². The van der Waals surface area contributed by atoms with Crippen LogP contribution in [0.15, 0.2) is 23.1 Å². The molecule has 1 aromatic rings. The Morgan fingerprint density at radius 2 is 1.62 bits per heavy atom. The summed E-state index contributed by atoms with van der Waals surface area (Å²) in [5.41, 5.74) is 2.06. The van der Waals surface area contributed by atoms with E-state index >= 15 is 0 Å². The molecule has 0 aliphatic heterocycles. The lowest BCUT2D eigenvalue weighted by atomic mass is 10.2. The highest BCUT2D eigenvalue weighted by Gasteiger charge is 2.05. The molecule has 0 unspecified atom stereocenters. The van der Waals surface area contributed by atoms with Crippen LogP contribution < -0.4 is 5.06 Å². The average molecular weight is 243 g/mol. The van der Waals surface area contributed by atoms with Crippen molar-refractivity contribution < 1.29 is 5.21 Å². The summed E-state index contributed by atoms with van der Waals surface area (Å²) in [6, 6.07) is 5.88. The van der Waals surface area contributed by atoms with Gasteiger partial charge in [-0.2, -0.15) is 0 Å². The van der Waals surface area contributed by atoms with Crippen molar-refractivity contribution in [2.45, 2.75) is 39.5 Å². The highest BCUT2D eigenvalue weighted by atomic mass is 32.2. The summed E-state index contributed by atoms with van der Waals surface area (Å²) in [4.78, 5) is 1.13. The Hall–Kier alpha value is -0.670. The molecular weight excluding hydrogens is 218 g/mol. The summed E-state index contributed by atoms with van der Waals surface area (Å²) >= 11 is 1.65. The molecule has 0 bridgehead atoms. The fraction of sp³-hybridized carbons (Fsp3) is 0.538. The Balaban J connectivity index is 0. The number of hydrogen-bond donors (Lipinski definition) is 1. The Bertz CT molecular complexity index is 275. The van der Waals surface area contributed by atoms with Crippen LogP contribution in [0, 0.1) is 6.92 Å². The van der Waals surface area contributed by atoms with Gasteiger partial charge in [-0.15, -0.1) is 11.8 Å². The summed E-state index contributed by atoms with van der Waals surface area (Å²) < 4.78 is 0. The van der Waals surface area contributed by atoms with E-state index in [2.05, 4.69) is 0 Å². The zero-order chi connectivity index (χ0) is 13.1. The van der Waals surface area contributed by atoms with Crippen molar-refractivity contribution in [3.63, 3.8) is 0 Å². The van der Waals surface area contributed by atoms with Crippen LogP contribution in [0.3, 0.4) is 0 Å². The van der Waals surface area contributed by atoms with Crippen molar-refractivity contribution in [3.05, 3.63) is 23.8 Å². The largest absolute Gasteiger partial charge is 0.289 e. The Labute approximate surface area is 105 Å². The van der Waals surface area contributed by atoms with Crippen LogP contribution in [0.4, 0.5) is 5.69 Å². The minimum atomic E-state index is 0.863. The maximum absolute atomic E-state index is 9.28. The first-order chi connectivity index (χ1) is 7.66. The maximum Gasteiger partial charge on any atom is 0.0769 e. The fourth-order valence-electron chi connectivity index (χ4n) is 1.16. The van der Waals surface area contributed by atoms with Crippen LogP contribution in [-0.4, -0.2) is 18.5 Å². The van der Waals surface area contributed by atoms with E-state index < -0.39 is 0 Å². The number of thioether (sulfide) groups is 1. The van der Waals surface area contributed by atoms with Crippen LogP contribution in [0.5, 0.6) is 0 Å². The van der Waals surface area contributed by atoms with Gasteiger partial charge in [0.15, 0.2) is 0 Å². The van der Waals surface area contributed by atoms with Gasteiger partial charge in [0.25, 0.3) is 0 Å². The maximum atomic E-state index is 9.28. The molecule has 0 radical (unpaired) electrons. The molecule has 16 heavy (non-hydrogen) atoms. The van der Waals surface area contributed by atoms with Crippen molar-refractivity contribution in [3.8, 4) is 0 Å². The van der Waals surface area contributed by atoms with E-state index in [1.807, 2.05) is 59.1 Å². The summed E-state index contributed by atoms with van der Waals surface area (Å²) in [5, 5.41) is 10.4. The zero-order valence-electron chi connectivity index (χ0n) is 11.5. The molecule has 0 atom stereocenters. The number of benzene rings is 1. The molecule has 1 N–H and O–H groups in total. The zero-order valence-corrected chi connectivity index (χ0v) is 12.4. The van der Waals surface area contributed by atoms with Crippen LogP contribution in [-0.2, 0) is 0 Å². The molecule has 0 aliphatic carbocycles. The number of hydroxylamine groups is 1. The first-order valence-corrected chi connectivity index (χ1v) is 6.95. The number of aryl methyl sites for hydroxylation is 1. The predicted molar refractivity (Wildman–Crippen MR) is 75.8 cm³/mol. The van der Waals surface area contributed by atoms with Gasteiger partial charge in [0, 0.05) is 11.9 Å². The third-order valence-electron chi connectivity index (χ3n) is 1.74. The molecule has 0 saturated carbocycles. The third-order valence-corrected chi connectivity index (χ3v) is 2.68. The van der Waals surface area contributed by atoms with E-state index in [0.29, 0.717) is 0 Å². The second kappa shape index (κ2) is 10.8. The summed E-state index contributed by atoms with van der Waals surface area (Å²) in [5.74, 6) is 0. The van der Waals surface area contributed by atoms with E-state index in [4.69, 9.17) is 0 Å². The van der Waals surface area contributed by atoms with Crippen LogP contribution in [0.2, 0.25) is 0 Å². The van der Waals surface area contributed by atoms with Crippen LogP contribution in [0.25, 0.3) is 0 Å². The summed E-state index contributed by atoms with van der Waals surface area (Å²) in [6.45, 7) is 10.0. The highest BCUT2D eigenvalue weighted by Crippen LogP contribution is 2.29. The molecule has 1 rings (SSSR count). The second-order valence-corrected chi connectivity index (χ2v) is 3.47. The molecule has 94 valence electrons. The summed E-state index contributed by atoms with van der Waals surface area (Å²) in [7, 11) is 1.63. The lowest BCUT2D eigenvalue weighted by molar-refractivity contribution is 0.277. The quantitative estimate of drug-likeness (QED) is 0.607. The number of rotatable bonds is 2. The lowest BCUT2D eigenvalue weighted by Gasteiger charge is -2.15. The second-order valence-electron chi connectivity index (χ2n) is 2.65. The Morgan fingerprint density at radius 3 is 1.94 bits per heavy atom. The number of anilines is 1. The topological polar surface area (TPSA) is 23.5 Å². The Kier molecular flexibility index (Phi) is 12.0. The molecule has 0 heterocycles. The normalized spacial score (nSPS) is 8.25. The predicted octanol–water partition coefficient (Wildman–Crippen LogP) is 4.59. The van der Waals surface area contributed by atoms with E-state index in [-0.39, 0.29) is 0 Å². The van der Waals surface area contributed by atoms with Crippen molar-refractivity contribution in [2.24, 2.45) is 0 Å². The van der Waals surface area contributed by atoms with Gasteiger partial charge < -0.3 is 0 Å². The molecule has 0 saturated heterocycles. The van der Waals surface area contributed by atoms with Crippen molar-refractivity contribution in [2.75, 3.05) is 18.4 Å². The van der Waals surface area contributed by atoms with Crippen LogP contribution >= 0.6 is 11.8 Å². The van der Waals surface area contributed by atoms with Crippen molar-refractivity contribution in [1.29, 1.82) is 0 Å². The van der Waals surface area contributed by atoms with Gasteiger partial charge in [0.1, 0.15) is 0 Å². The van der Waals surface area contributed by atoms with E-state index in [1.165, 1.54) is 5.56 Å². The fourth-order valence-corrected chi connectivity index (χ4v) is 1.96. The van der Waals surface area contributed by atoms with Crippen molar-refractivity contribution >= 4 is 17.4 Å². The standard InChI is InChI=1S/C9H13NOS.2C2H6/c1-7-5-4-6-8(10(2)11)9(7)12-3;2*1-2/h4-6,11H,1-3H3;2*1-2H3. The molecular formula is C13H25NOS. The minimum absolute atomic E-state index is 0.863. The molecule has 2 nitrogen and oxygen atoms in total. The highest BCUT2D eigenvalue weighted by molar-refractivity contribution is 7.98. The van der Waals surface area contributed by atoms with E-state index in [0.717, 1.165) is 15.6 Å². The van der Waals surface area contributed by atoms with E-state index in [9.17, 15) is 5.21 Å². The van der Waals surface area contributed by atoms with Crippen molar-refractivity contribution in [1.82, 2.24) is 0 Å². The van der Waals surface area contributed by atoms with Gasteiger partial charge in [-0.05, 0) is 24.8 Å². The first-order valence-electron chi connectivity index (χ1n) is 5.73. The Morgan fingerprint density at radius 1 is 1.12 bits per heavy atom. The molecule has 0 aliphatic rings. The summed E-state index contributed by atoms with van der Waals surface area (Å²) in [6.07, 6.45) is 2.01. The number of nitrogens with zero attached hydrogens (tertiary/aromatic N) is 1. The number of hydrogen-bond acceptors (Lipinski definition) is 3. The SMILES string of the molecule is CC.CC.CSc1c(C)cccc1N(C)O.